The largest absolute Gasteiger partial charge is 0.480 e. The number of hydrogen-bond acceptors (Lipinski definition) is 5. The van der Waals surface area contributed by atoms with Gasteiger partial charge >= 0.3 is 5.97 Å². The van der Waals surface area contributed by atoms with E-state index in [1.165, 1.54) is 6.33 Å². The maximum absolute atomic E-state index is 12.1. The van der Waals surface area contributed by atoms with Crippen molar-refractivity contribution in [3.05, 3.63) is 40.7 Å². The van der Waals surface area contributed by atoms with E-state index in [1.807, 2.05) is 12.1 Å². The van der Waals surface area contributed by atoms with E-state index >= 15 is 0 Å². The number of rotatable bonds is 5. The lowest BCUT2D eigenvalue weighted by atomic mass is 10.0. The molecular formula is C14H13ClN4O4. The quantitative estimate of drug-likeness (QED) is 0.859. The van der Waals surface area contributed by atoms with Crippen molar-refractivity contribution >= 4 is 29.4 Å². The first-order chi connectivity index (χ1) is 11.0. The number of anilines is 1. The van der Waals surface area contributed by atoms with Crippen LogP contribution in [0.3, 0.4) is 0 Å². The standard InChI is InChI=1S/C14H13ClN4O4/c15-9-1-2-10-8(3-9)6-23-11(10)4-12(20)17-14-16-7-19(18-14)5-13(21)22/h1-3,7,11H,4-6H2,(H,21,22)(H,17,18,20). The molecule has 0 saturated carbocycles. The highest BCUT2D eigenvalue weighted by molar-refractivity contribution is 6.30. The topological polar surface area (TPSA) is 106 Å². The smallest absolute Gasteiger partial charge is 0.325 e. The van der Waals surface area contributed by atoms with Gasteiger partial charge in [0.2, 0.25) is 11.9 Å². The van der Waals surface area contributed by atoms with Crippen molar-refractivity contribution in [1.82, 2.24) is 14.8 Å². The number of nitrogens with zero attached hydrogens (tertiary/aromatic N) is 3. The van der Waals surface area contributed by atoms with Gasteiger partial charge in [0.15, 0.2) is 0 Å². The van der Waals surface area contributed by atoms with Crippen molar-refractivity contribution in [2.24, 2.45) is 0 Å². The van der Waals surface area contributed by atoms with Crippen molar-refractivity contribution in [1.29, 1.82) is 0 Å². The summed E-state index contributed by atoms with van der Waals surface area (Å²) in [5.41, 5.74) is 1.91. The van der Waals surface area contributed by atoms with Gasteiger partial charge < -0.3 is 9.84 Å². The molecule has 9 heteroatoms. The first-order valence-corrected chi connectivity index (χ1v) is 7.20. The summed E-state index contributed by atoms with van der Waals surface area (Å²) in [6.07, 6.45) is 1.01. The molecule has 1 atom stereocenters. The van der Waals surface area contributed by atoms with E-state index in [0.29, 0.717) is 11.6 Å². The Hall–Kier alpha value is -2.45. The molecule has 0 radical (unpaired) electrons. The molecule has 0 fully saturated rings. The summed E-state index contributed by atoms with van der Waals surface area (Å²) in [4.78, 5) is 26.5. The Labute approximate surface area is 136 Å². The number of nitrogens with one attached hydrogen (secondary N) is 1. The van der Waals surface area contributed by atoms with E-state index in [9.17, 15) is 9.59 Å². The fourth-order valence-electron chi connectivity index (χ4n) is 2.37. The molecule has 120 valence electrons. The van der Waals surface area contributed by atoms with Crippen LogP contribution in [-0.2, 0) is 27.5 Å². The number of aliphatic carboxylic acids is 1. The Morgan fingerprint density at radius 3 is 3.09 bits per heavy atom. The third kappa shape index (κ3) is 3.66. The third-order valence-electron chi connectivity index (χ3n) is 3.35. The Kier molecular flexibility index (Phi) is 4.26. The Balaban J connectivity index is 1.60. The SMILES string of the molecule is O=C(O)Cn1cnc(NC(=O)CC2OCc3cc(Cl)ccc32)n1. The number of hydrogen-bond donors (Lipinski definition) is 2. The summed E-state index contributed by atoms with van der Waals surface area (Å²) in [5, 5.41) is 15.7. The number of carbonyl (C=O) groups is 2. The van der Waals surface area contributed by atoms with Gasteiger partial charge in [-0.1, -0.05) is 17.7 Å². The molecule has 2 N–H and O–H groups in total. The number of benzene rings is 1. The van der Waals surface area contributed by atoms with Crippen LogP contribution in [0, 0.1) is 0 Å². The highest BCUT2D eigenvalue weighted by atomic mass is 35.5. The van der Waals surface area contributed by atoms with Gasteiger partial charge in [0, 0.05) is 5.02 Å². The lowest BCUT2D eigenvalue weighted by Gasteiger charge is -2.10. The van der Waals surface area contributed by atoms with Crippen molar-refractivity contribution in [2.45, 2.75) is 25.7 Å². The average molecular weight is 337 g/mol. The molecule has 1 aromatic carbocycles. The van der Waals surface area contributed by atoms with Crippen LogP contribution in [0.2, 0.25) is 5.02 Å². The van der Waals surface area contributed by atoms with E-state index in [2.05, 4.69) is 15.4 Å². The van der Waals surface area contributed by atoms with Crippen LogP contribution in [-0.4, -0.2) is 31.7 Å². The van der Waals surface area contributed by atoms with Gasteiger partial charge in [-0.2, -0.15) is 0 Å². The number of carbonyl (C=O) groups excluding carboxylic acids is 1. The number of carboxylic acid groups (broad SMARTS) is 1. The molecule has 8 nitrogen and oxygen atoms in total. The molecule has 3 rings (SSSR count). The molecule has 0 spiro atoms. The number of fused-ring (bicyclic) bond motifs is 1. The van der Waals surface area contributed by atoms with Crippen molar-refractivity contribution < 1.29 is 19.4 Å². The maximum atomic E-state index is 12.1. The molecule has 2 heterocycles. The molecule has 2 aromatic rings. The Bertz CT molecular complexity index is 761. The number of carboxylic acids is 1. The van der Waals surface area contributed by atoms with Crippen LogP contribution in [0.5, 0.6) is 0 Å². The summed E-state index contributed by atoms with van der Waals surface area (Å²) in [5.74, 6) is -1.29. The molecule has 0 saturated heterocycles. The monoisotopic (exact) mass is 336 g/mol. The molecule has 1 aromatic heterocycles. The van der Waals surface area contributed by atoms with Crippen LogP contribution in [0.1, 0.15) is 23.7 Å². The van der Waals surface area contributed by atoms with E-state index in [4.69, 9.17) is 21.4 Å². The number of amides is 1. The van der Waals surface area contributed by atoms with Crippen LogP contribution in [0.15, 0.2) is 24.5 Å². The fraction of sp³-hybridized carbons (Fsp3) is 0.286. The van der Waals surface area contributed by atoms with Gasteiger partial charge in [-0.05, 0) is 23.3 Å². The second-order valence-corrected chi connectivity index (χ2v) is 5.49. The van der Waals surface area contributed by atoms with Crippen LogP contribution in [0.4, 0.5) is 5.95 Å². The van der Waals surface area contributed by atoms with Crippen LogP contribution >= 0.6 is 11.6 Å². The number of halogens is 1. The van der Waals surface area contributed by atoms with Gasteiger partial charge in [-0.15, -0.1) is 5.10 Å². The minimum Gasteiger partial charge on any atom is -0.480 e. The lowest BCUT2D eigenvalue weighted by molar-refractivity contribution is -0.137. The number of ether oxygens (including phenoxy) is 1. The average Bonchev–Trinajstić information content (AvgIpc) is 3.05. The minimum atomic E-state index is -1.04. The molecule has 23 heavy (non-hydrogen) atoms. The predicted molar refractivity (Wildman–Crippen MR) is 79.9 cm³/mol. The van der Waals surface area contributed by atoms with E-state index in [0.717, 1.165) is 15.8 Å². The second kappa shape index (κ2) is 6.35. The zero-order valence-electron chi connectivity index (χ0n) is 11.9. The van der Waals surface area contributed by atoms with Gasteiger partial charge in [0.05, 0.1) is 19.1 Å². The first kappa shape index (κ1) is 15.4. The summed E-state index contributed by atoms with van der Waals surface area (Å²) in [6, 6.07) is 5.43. The zero-order valence-corrected chi connectivity index (χ0v) is 12.7. The lowest BCUT2D eigenvalue weighted by Crippen LogP contribution is -2.17. The van der Waals surface area contributed by atoms with Crippen molar-refractivity contribution in [3.63, 3.8) is 0 Å². The molecule has 1 amide bonds. The molecule has 0 bridgehead atoms. The summed E-state index contributed by atoms with van der Waals surface area (Å²) < 4.78 is 6.73. The molecule has 0 aliphatic carbocycles. The highest BCUT2D eigenvalue weighted by Crippen LogP contribution is 2.34. The Morgan fingerprint density at radius 1 is 1.48 bits per heavy atom. The van der Waals surface area contributed by atoms with Gasteiger partial charge in [0.1, 0.15) is 12.9 Å². The van der Waals surface area contributed by atoms with Crippen LogP contribution in [0.25, 0.3) is 0 Å². The van der Waals surface area contributed by atoms with Crippen molar-refractivity contribution in [2.75, 3.05) is 5.32 Å². The normalized spacial score (nSPS) is 16.1. The molecule has 1 aliphatic rings. The van der Waals surface area contributed by atoms with Crippen molar-refractivity contribution in [3.8, 4) is 0 Å². The maximum Gasteiger partial charge on any atom is 0.325 e. The Morgan fingerprint density at radius 2 is 2.30 bits per heavy atom. The predicted octanol–water partition coefficient (Wildman–Crippen LogP) is 1.62. The van der Waals surface area contributed by atoms with Gasteiger partial charge in [-0.3, -0.25) is 14.9 Å². The molecule has 1 unspecified atom stereocenters. The third-order valence-corrected chi connectivity index (χ3v) is 3.58. The van der Waals surface area contributed by atoms with E-state index in [1.54, 1.807) is 6.07 Å². The first-order valence-electron chi connectivity index (χ1n) is 6.82. The number of aromatic nitrogens is 3. The van der Waals surface area contributed by atoms with Gasteiger partial charge in [-0.25, -0.2) is 9.67 Å². The van der Waals surface area contributed by atoms with Gasteiger partial charge in [0.25, 0.3) is 0 Å². The second-order valence-electron chi connectivity index (χ2n) is 5.05. The van der Waals surface area contributed by atoms with Crippen LogP contribution < -0.4 is 5.32 Å². The summed E-state index contributed by atoms with van der Waals surface area (Å²) >= 11 is 5.93. The van der Waals surface area contributed by atoms with E-state index < -0.39 is 5.97 Å². The highest BCUT2D eigenvalue weighted by Gasteiger charge is 2.26. The summed E-state index contributed by atoms with van der Waals surface area (Å²) in [6.45, 7) is 0.0993. The minimum absolute atomic E-state index is 0.0607. The molecular weight excluding hydrogens is 324 g/mol. The zero-order chi connectivity index (χ0) is 16.4. The van der Waals surface area contributed by atoms with E-state index in [-0.39, 0.29) is 30.9 Å². The fourth-order valence-corrected chi connectivity index (χ4v) is 2.57. The summed E-state index contributed by atoms with van der Waals surface area (Å²) in [7, 11) is 0. The molecule has 1 aliphatic heterocycles.